The SMILES string of the molecule is C#CCN(CC)C(=O)NC1(C(=O)O)CCCC1. The molecule has 1 aliphatic carbocycles. The van der Waals surface area contributed by atoms with Crippen LogP contribution in [0, 0.1) is 12.3 Å². The van der Waals surface area contributed by atoms with Crippen LogP contribution in [-0.4, -0.2) is 40.6 Å². The Morgan fingerprint density at radius 3 is 2.47 bits per heavy atom. The second-order valence-corrected chi connectivity index (χ2v) is 4.24. The summed E-state index contributed by atoms with van der Waals surface area (Å²) in [5.74, 6) is 1.43. The maximum Gasteiger partial charge on any atom is 0.329 e. The summed E-state index contributed by atoms with van der Waals surface area (Å²) >= 11 is 0. The lowest BCUT2D eigenvalue weighted by Gasteiger charge is -2.29. The fourth-order valence-corrected chi connectivity index (χ4v) is 2.09. The molecule has 0 spiro atoms. The molecule has 0 aliphatic heterocycles. The van der Waals surface area contributed by atoms with Gasteiger partial charge in [0.15, 0.2) is 0 Å². The van der Waals surface area contributed by atoms with E-state index < -0.39 is 17.5 Å². The average Bonchev–Trinajstić information content (AvgIpc) is 2.75. The minimum atomic E-state index is -1.10. The maximum atomic E-state index is 11.9. The van der Waals surface area contributed by atoms with Crippen molar-refractivity contribution in [1.29, 1.82) is 0 Å². The van der Waals surface area contributed by atoms with Crippen LogP contribution in [0.15, 0.2) is 0 Å². The summed E-state index contributed by atoms with van der Waals surface area (Å²) in [7, 11) is 0. The van der Waals surface area contributed by atoms with Gasteiger partial charge in [0.2, 0.25) is 0 Å². The van der Waals surface area contributed by atoms with Gasteiger partial charge in [-0.3, -0.25) is 0 Å². The van der Waals surface area contributed by atoms with Crippen molar-refractivity contribution in [3.8, 4) is 12.3 Å². The van der Waals surface area contributed by atoms with Gasteiger partial charge in [0.05, 0.1) is 6.54 Å². The van der Waals surface area contributed by atoms with Gasteiger partial charge in [-0.1, -0.05) is 18.8 Å². The molecule has 0 heterocycles. The Hall–Kier alpha value is -1.70. The van der Waals surface area contributed by atoms with E-state index >= 15 is 0 Å². The van der Waals surface area contributed by atoms with Crippen molar-refractivity contribution in [3.63, 3.8) is 0 Å². The Morgan fingerprint density at radius 1 is 1.47 bits per heavy atom. The van der Waals surface area contributed by atoms with E-state index in [1.54, 1.807) is 6.92 Å². The van der Waals surface area contributed by atoms with Gasteiger partial charge >= 0.3 is 12.0 Å². The molecule has 5 heteroatoms. The van der Waals surface area contributed by atoms with Crippen molar-refractivity contribution >= 4 is 12.0 Å². The van der Waals surface area contributed by atoms with Crippen LogP contribution >= 0.6 is 0 Å². The molecule has 1 saturated carbocycles. The molecule has 0 saturated heterocycles. The highest BCUT2D eigenvalue weighted by atomic mass is 16.4. The van der Waals surface area contributed by atoms with Gasteiger partial charge in [0, 0.05) is 6.54 Å². The van der Waals surface area contributed by atoms with Crippen LogP contribution in [0.3, 0.4) is 0 Å². The molecule has 1 rings (SSSR count). The molecule has 1 aliphatic rings. The lowest BCUT2D eigenvalue weighted by Crippen LogP contribution is -2.56. The number of hydrogen-bond acceptors (Lipinski definition) is 2. The van der Waals surface area contributed by atoms with Gasteiger partial charge in [-0.2, -0.15) is 0 Å². The maximum absolute atomic E-state index is 11.9. The highest BCUT2D eigenvalue weighted by molar-refractivity contribution is 5.86. The van der Waals surface area contributed by atoms with E-state index in [-0.39, 0.29) is 6.54 Å². The lowest BCUT2D eigenvalue weighted by molar-refractivity contribution is -0.144. The van der Waals surface area contributed by atoms with Crippen molar-refractivity contribution < 1.29 is 14.7 Å². The third-order valence-corrected chi connectivity index (χ3v) is 3.16. The Morgan fingerprint density at radius 2 is 2.06 bits per heavy atom. The van der Waals surface area contributed by atoms with E-state index in [9.17, 15) is 14.7 Å². The molecular weight excluding hydrogens is 220 g/mol. The summed E-state index contributed by atoms with van der Waals surface area (Å²) in [6, 6.07) is -0.394. The van der Waals surface area contributed by atoms with Gasteiger partial charge < -0.3 is 15.3 Å². The Balaban J connectivity index is 2.71. The number of carboxylic acid groups (broad SMARTS) is 1. The fraction of sp³-hybridized carbons (Fsp3) is 0.667. The van der Waals surface area contributed by atoms with E-state index in [1.165, 1.54) is 4.90 Å². The zero-order chi connectivity index (χ0) is 12.9. The summed E-state index contributed by atoms with van der Waals surface area (Å²) in [5, 5.41) is 11.8. The zero-order valence-corrected chi connectivity index (χ0v) is 10.0. The molecular formula is C12H18N2O3. The van der Waals surface area contributed by atoms with Crippen LogP contribution in [0.4, 0.5) is 4.79 Å². The Bertz CT molecular complexity index is 340. The highest BCUT2D eigenvalue weighted by Gasteiger charge is 2.43. The molecule has 17 heavy (non-hydrogen) atoms. The number of rotatable bonds is 4. The monoisotopic (exact) mass is 238 g/mol. The van der Waals surface area contributed by atoms with Crippen LogP contribution in [-0.2, 0) is 4.79 Å². The predicted octanol–water partition coefficient (Wildman–Crippen LogP) is 1.05. The molecule has 0 unspecified atom stereocenters. The number of nitrogens with zero attached hydrogens (tertiary/aromatic N) is 1. The van der Waals surface area contributed by atoms with Gasteiger partial charge in [0.25, 0.3) is 0 Å². The number of hydrogen-bond donors (Lipinski definition) is 2. The minimum absolute atomic E-state index is 0.192. The molecule has 0 atom stereocenters. The molecule has 94 valence electrons. The number of aliphatic carboxylic acids is 1. The van der Waals surface area contributed by atoms with Gasteiger partial charge in [-0.05, 0) is 19.8 Å². The standard InChI is InChI=1S/C12H18N2O3/c1-3-9-14(4-2)11(17)13-12(10(15)16)7-5-6-8-12/h1H,4-9H2,2H3,(H,13,17)(H,15,16). The first-order chi connectivity index (χ1) is 8.05. The van der Waals surface area contributed by atoms with Gasteiger partial charge in [-0.15, -0.1) is 6.42 Å². The Kier molecular flexibility index (Phi) is 4.38. The second-order valence-electron chi connectivity index (χ2n) is 4.24. The second kappa shape index (κ2) is 5.58. The van der Waals surface area contributed by atoms with Gasteiger partial charge in [0.1, 0.15) is 5.54 Å². The van der Waals surface area contributed by atoms with E-state index in [0.717, 1.165) is 12.8 Å². The first-order valence-corrected chi connectivity index (χ1v) is 5.79. The number of carboxylic acids is 1. The molecule has 2 amide bonds. The van der Waals surface area contributed by atoms with Crippen molar-refractivity contribution in [1.82, 2.24) is 10.2 Å². The largest absolute Gasteiger partial charge is 0.480 e. The quantitative estimate of drug-likeness (QED) is 0.719. The lowest BCUT2D eigenvalue weighted by atomic mass is 9.98. The number of amides is 2. The van der Waals surface area contributed by atoms with Crippen LogP contribution in [0.1, 0.15) is 32.6 Å². The van der Waals surface area contributed by atoms with Crippen LogP contribution < -0.4 is 5.32 Å². The third kappa shape index (κ3) is 2.90. The molecule has 0 bridgehead atoms. The fourth-order valence-electron chi connectivity index (χ4n) is 2.09. The third-order valence-electron chi connectivity index (χ3n) is 3.16. The molecule has 0 aromatic carbocycles. The highest BCUT2D eigenvalue weighted by Crippen LogP contribution is 2.30. The smallest absolute Gasteiger partial charge is 0.329 e. The Labute approximate surface area is 101 Å². The minimum Gasteiger partial charge on any atom is -0.480 e. The van der Waals surface area contributed by atoms with Gasteiger partial charge in [-0.25, -0.2) is 9.59 Å². The molecule has 0 aromatic heterocycles. The van der Waals surface area contributed by atoms with Crippen molar-refractivity contribution in [2.24, 2.45) is 0 Å². The number of nitrogens with one attached hydrogen (secondary N) is 1. The summed E-state index contributed by atoms with van der Waals surface area (Å²) < 4.78 is 0. The number of urea groups is 1. The predicted molar refractivity (Wildman–Crippen MR) is 63.4 cm³/mol. The summed E-state index contributed by atoms with van der Waals surface area (Å²) in [6.45, 7) is 2.46. The molecule has 2 N–H and O–H groups in total. The molecule has 5 nitrogen and oxygen atoms in total. The first kappa shape index (κ1) is 13.4. The number of carbonyl (C=O) groups is 2. The summed E-state index contributed by atoms with van der Waals surface area (Å²) in [4.78, 5) is 24.6. The summed E-state index contributed by atoms with van der Waals surface area (Å²) in [5.41, 5.74) is -1.10. The van der Waals surface area contributed by atoms with E-state index in [2.05, 4.69) is 11.2 Å². The van der Waals surface area contributed by atoms with Crippen LogP contribution in [0.5, 0.6) is 0 Å². The van der Waals surface area contributed by atoms with Crippen molar-refractivity contribution in [2.45, 2.75) is 38.1 Å². The van der Waals surface area contributed by atoms with Crippen LogP contribution in [0.2, 0.25) is 0 Å². The molecule has 1 fully saturated rings. The van der Waals surface area contributed by atoms with E-state index in [1.807, 2.05) is 0 Å². The van der Waals surface area contributed by atoms with Crippen LogP contribution in [0.25, 0.3) is 0 Å². The van der Waals surface area contributed by atoms with Crippen molar-refractivity contribution in [2.75, 3.05) is 13.1 Å². The summed E-state index contributed by atoms with van der Waals surface area (Å²) in [6.07, 6.45) is 7.79. The first-order valence-electron chi connectivity index (χ1n) is 5.79. The number of terminal acetylenes is 1. The van der Waals surface area contributed by atoms with E-state index in [4.69, 9.17) is 6.42 Å². The topological polar surface area (TPSA) is 69.6 Å². The molecule has 0 radical (unpaired) electrons. The zero-order valence-electron chi connectivity index (χ0n) is 10.0. The molecule has 0 aromatic rings. The van der Waals surface area contributed by atoms with Crippen molar-refractivity contribution in [3.05, 3.63) is 0 Å². The average molecular weight is 238 g/mol. The van der Waals surface area contributed by atoms with E-state index in [0.29, 0.717) is 19.4 Å². The number of carbonyl (C=O) groups excluding carboxylic acids is 1. The normalized spacial score (nSPS) is 17.2.